The van der Waals surface area contributed by atoms with Crippen molar-refractivity contribution < 1.29 is 9.90 Å². The van der Waals surface area contributed by atoms with Crippen molar-refractivity contribution in [2.45, 2.75) is 51.0 Å². The van der Waals surface area contributed by atoms with Gasteiger partial charge in [0.1, 0.15) is 12.0 Å². The van der Waals surface area contributed by atoms with E-state index in [1.54, 1.807) is 6.33 Å². The minimum absolute atomic E-state index is 0.255. The predicted octanol–water partition coefficient (Wildman–Crippen LogP) is 2.10. The van der Waals surface area contributed by atoms with Crippen LogP contribution in [0.3, 0.4) is 0 Å². The van der Waals surface area contributed by atoms with Crippen LogP contribution in [0.1, 0.15) is 44.9 Å². The van der Waals surface area contributed by atoms with Gasteiger partial charge in [-0.3, -0.25) is 4.79 Å². The Bertz CT molecular complexity index is 551. The van der Waals surface area contributed by atoms with Gasteiger partial charge in [-0.25, -0.2) is 9.97 Å². The molecule has 23 heavy (non-hydrogen) atoms. The first kappa shape index (κ1) is 15.8. The molecule has 7 nitrogen and oxygen atoms in total. The summed E-state index contributed by atoms with van der Waals surface area (Å²) in [4.78, 5) is 21.8. The smallest absolute Gasteiger partial charge is 0.306 e. The molecule has 1 saturated carbocycles. The fourth-order valence-corrected chi connectivity index (χ4v) is 3.53. The summed E-state index contributed by atoms with van der Waals surface area (Å²) < 4.78 is 0. The third kappa shape index (κ3) is 3.65. The van der Waals surface area contributed by atoms with E-state index in [0.29, 0.717) is 43.5 Å². The van der Waals surface area contributed by atoms with Gasteiger partial charge in [0.2, 0.25) is 0 Å². The molecule has 3 rings (SSSR count). The second kappa shape index (κ2) is 7.02. The summed E-state index contributed by atoms with van der Waals surface area (Å²) in [7, 11) is 0. The number of nitrogens with zero attached hydrogens (tertiary/aromatic N) is 3. The molecule has 0 unspecified atom stereocenters. The van der Waals surface area contributed by atoms with E-state index in [2.05, 4.69) is 20.2 Å². The molecule has 1 saturated heterocycles. The van der Waals surface area contributed by atoms with E-state index in [1.165, 1.54) is 19.3 Å². The first-order valence-electron chi connectivity index (χ1n) is 8.50. The summed E-state index contributed by atoms with van der Waals surface area (Å²) in [6.45, 7) is 1.34. The van der Waals surface area contributed by atoms with Crippen molar-refractivity contribution in [2.75, 3.05) is 29.0 Å². The van der Waals surface area contributed by atoms with Crippen molar-refractivity contribution in [3.05, 3.63) is 6.33 Å². The average Bonchev–Trinajstić information content (AvgIpc) is 2.58. The summed E-state index contributed by atoms with van der Waals surface area (Å²) in [5.74, 6) is 0.471. The van der Waals surface area contributed by atoms with Gasteiger partial charge in [-0.2, -0.15) is 0 Å². The maximum Gasteiger partial charge on any atom is 0.306 e. The van der Waals surface area contributed by atoms with Crippen LogP contribution in [-0.4, -0.2) is 40.2 Å². The van der Waals surface area contributed by atoms with Crippen LogP contribution in [0.2, 0.25) is 0 Å². The Morgan fingerprint density at radius 1 is 1.17 bits per heavy atom. The SMILES string of the molecule is Nc1c(NC2CCCCC2)ncnc1N1CCC(C(=O)O)CC1. The monoisotopic (exact) mass is 319 g/mol. The number of hydrogen-bond donors (Lipinski definition) is 3. The molecule has 1 aromatic heterocycles. The molecule has 2 fully saturated rings. The van der Waals surface area contributed by atoms with Crippen LogP contribution in [0.25, 0.3) is 0 Å². The molecule has 0 amide bonds. The van der Waals surface area contributed by atoms with E-state index in [0.717, 1.165) is 18.7 Å². The van der Waals surface area contributed by atoms with Crippen LogP contribution >= 0.6 is 0 Å². The minimum Gasteiger partial charge on any atom is -0.481 e. The topological polar surface area (TPSA) is 104 Å². The van der Waals surface area contributed by atoms with Crippen LogP contribution in [0.15, 0.2) is 6.33 Å². The largest absolute Gasteiger partial charge is 0.481 e. The van der Waals surface area contributed by atoms with Gasteiger partial charge in [-0.1, -0.05) is 19.3 Å². The number of rotatable bonds is 4. The highest BCUT2D eigenvalue weighted by atomic mass is 16.4. The molecule has 2 heterocycles. The number of hydrogen-bond acceptors (Lipinski definition) is 6. The van der Waals surface area contributed by atoms with Crippen LogP contribution < -0.4 is 16.0 Å². The van der Waals surface area contributed by atoms with E-state index >= 15 is 0 Å². The second-order valence-corrected chi connectivity index (χ2v) is 6.54. The number of carboxylic acid groups (broad SMARTS) is 1. The Morgan fingerprint density at radius 2 is 1.87 bits per heavy atom. The Labute approximate surface area is 136 Å². The number of nitrogens with two attached hydrogens (primary N) is 1. The molecular formula is C16H25N5O2. The van der Waals surface area contributed by atoms with Crippen LogP contribution in [0, 0.1) is 5.92 Å². The Balaban J connectivity index is 1.68. The number of nitrogen functional groups attached to an aromatic ring is 1. The van der Waals surface area contributed by atoms with E-state index in [-0.39, 0.29) is 5.92 Å². The van der Waals surface area contributed by atoms with Gasteiger partial charge in [0, 0.05) is 19.1 Å². The molecule has 0 spiro atoms. The normalized spacial score (nSPS) is 20.4. The number of aliphatic carboxylic acids is 1. The van der Waals surface area contributed by atoms with Crippen molar-refractivity contribution >= 4 is 23.3 Å². The Kier molecular flexibility index (Phi) is 4.83. The third-order valence-electron chi connectivity index (χ3n) is 4.95. The number of anilines is 3. The lowest BCUT2D eigenvalue weighted by Gasteiger charge is -2.32. The fourth-order valence-electron chi connectivity index (χ4n) is 3.53. The molecule has 7 heteroatoms. The van der Waals surface area contributed by atoms with Gasteiger partial charge >= 0.3 is 5.97 Å². The van der Waals surface area contributed by atoms with Crippen molar-refractivity contribution in [1.29, 1.82) is 0 Å². The van der Waals surface area contributed by atoms with Crippen molar-refractivity contribution in [1.82, 2.24) is 9.97 Å². The molecule has 1 aliphatic carbocycles. The average molecular weight is 319 g/mol. The highest BCUT2D eigenvalue weighted by molar-refractivity contribution is 5.76. The molecule has 0 aromatic carbocycles. The molecule has 0 bridgehead atoms. The number of nitrogens with one attached hydrogen (secondary N) is 1. The van der Waals surface area contributed by atoms with E-state index in [9.17, 15) is 4.79 Å². The summed E-state index contributed by atoms with van der Waals surface area (Å²) in [5.41, 5.74) is 6.86. The zero-order chi connectivity index (χ0) is 16.2. The lowest BCUT2D eigenvalue weighted by atomic mass is 9.95. The molecule has 126 valence electrons. The number of piperidine rings is 1. The second-order valence-electron chi connectivity index (χ2n) is 6.54. The maximum absolute atomic E-state index is 11.1. The molecule has 0 radical (unpaired) electrons. The van der Waals surface area contributed by atoms with Crippen molar-refractivity contribution in [3.63, 3.8) is 0 Å². The summed E-state index contributed by atoms with van der Waals surface area (Å²) >= 11 is 0. The first-order chi connectivity index (χ1) is 11.1. The predicted molar refractivity (Wildman–Crippen MR) is 89.5 cm³/mol. The van der Waals surface area contributed by atoms with Crippen molar-refractivity contribution in [2.24, 2.45) is 5.92 Å². The molecule has 0 atom stereocenters. The highest BCUT2D eigenvalue weighted by Crippen LogP contribution is 2.31. The lowest BCUT2D eigenvalue weighted by Crippen LogP contribution is -2.37. The van der Waals surface area contributed by atoms with Gasteiger partial charge < -0.3 is 21.1 Å². The molecular weight excluding hydrogens is 294 g/mol. The van der Waals surface area contributed by atoms with Gasteiger partial charge in [-0.05, 0) is 25.7 Å². The Morgan fingerprint density at radius 3 is 2.52 bits per heavy atom. The van der Waals surface area contributed by atoms with E-state index in [4.69, 9.17) is 10.8 Å². The first-order valence-corrected chi connectivity index (χ1v) is 8.50. The minimum atomic E-state index is -0.708. The molecule has 4 N–H and O–H groups in total. The fraction of sp³-hybridized carbons (Fsp3) is 0.688. The number of carbonyl (C=O) groups is 1. The summed E-state index contributed by atoms with van der Waals surface area (Å²) in [6.07, 6.45) is 8.91. The number of aromatic nitrogens is 2. The zero-order valence-corrected chi connectivity index (χ0v) is 13.4. The molecule has 1 aromatic rings. The highest BCUT2D eigenvalue weighted by Gasteiger charge is 2.27. The van der Waals surface area contributed by atoms with Gasteiger partial charge in [0.25, 0.3) is 0 Å². The van der Waals surface area contributed by atoms with Crippen molar-refractivity contribution in [3.8, 4) is 0 Å². The van der Waals surface area contributed by atoms with Crippen LogP contribution in [-0.2, 0) is 4.79 Å². The van der Waals surface area contributed by atoms with E-state index in [1.807, 2.05) is 0 Å². The molecule has 1 aliphatic heterocycles. The van der Waals surface area contributed by atoms with Crippen LogP contribution in [0.5, 0.6) is 0 Å². The summed E-state index contributed by atoms with van der Waals surface area (Å²) in [5, 5.41) is 12.6. The van der Waals surface area contributed by atoms with E-state index < -0.39 is 5.97 Å². The number of carboxylic acids is 1. The Hall–Kier alpha value is -2.05. The lowest BCUT2D eigenvalue weighted by molar-refractivity contribution is -0.142. The summed E-state index contributed by atoms with van der Waals surface area (Å²) in [6, 6.07) is 0.437. The van der Waals surface area contributed by atoms with Gasteiger partial charge in [0.15, 0.2) is 11.6 Å². The van der Waals surface area contributed by atoms with Crippen LogP contribution in [0.4, 0.5) is 17.3 Å². The van der Waals surface area contributed by atoms with Gasteiger partial charge in [-0.15, -0.1) is 0 Å². The standard InChI is InChI=1S/C16H25N5O2/c17-13-14(20-12-4-2-1-3-5-12)18-10-19-15(13)21-8-6-11(7-9-21)16(22)23/h10-12H,1-9,17H2,(H,22,23)(H,18,19,20). The molecule has 2 aliphatic rings. The third-order valence-corrected chi connectivity index (χ3v) is 4.95. The zero-order valence-electron chi connectivity index (χ0n) is 13.4. The quantitative estimate of drug-likeness (QED) is 0.780. The van der Waals surface area contributed by atoms with Gasteiger partial charge in [0.05, 0.1) is 5.92 Å². The maximum atomic E-state index is 11.1.